The van der Waals surface area contributed by atoms with Gasteiger partial charge in [-0.25, -0.2) is 0 Å². The number of benzene rings is 2. The maximum absolute atomic E-state index is 8.86. The first-order valence-corrected chi connectivity index (χ1v) is 7.17. The molecule has 0 saturated carbocycles. The molecule has 3 rings (SSSR count). The normalized spacial score (nSPS) is 11.2. The highest BCUT2D eigenvalue weighted by molar-refractivity contribution is 7.26. The van der Waals surface area contributed by atoms with Gasteiger partial charge >= 0.3 is 0 Å². The molecular weight excluding hydrogens is 256 g/mol. The lowest BCUT2D eigenvalue weighted by atomic mass is 10.1. The number of rotatable bonds is 4. The minimum absolute atomic E-state index is 0.206. The van der Waals surface area contributed by atoms with Crippen molar-refractivity contribution in [1.82, 2.24) is 0 Å². The molecule has 0 aliphatic rings. The quantitative estimate of drug-likeness (QED) is 0.504. The van der Waals surface area contributed by atoms with Crippen molar-refractivity contribution in [1.29, 1.82) is 0 Å². The highest BCUT2D eigenvalue weighted by Gasteiger charge is 2.10. The van der Waals surface area contributed by atoms with Crippen LogP contribution in [0, 0.1) is 0 Å². The molecule has 0 aliphatic carbocycles. The second kappa shape index (κ2) is 5.07. The predicted molar refractivity (Wildman–Crippen MR) is 83.9 cm³/mol. The van der Waals surface area contributed by atoms with Gasteiger partial charge < -0.3 is 16.2 Å². The summed E-state index contributed by atoms with van der Waals surface area (Å²) in [7, 11) is 0. The van der Waals surface area contributed by atoms with Crippen LogP contribution >= 0.6 is 11.3 Å². The SMILES string of the molecule is Nc1ccc(NCCCO)c2sc3ccccc3c12. The summed E-state index contributed by atoms with van der Waals surface area (Å²) in [4.78, 5) is 0. The maximum atomic E-state index is 8.86. The van der Waals surface area contributed by atoms with Crippen molar-refractivity contribution in [2.75, 3.05) is 24.2 Å². The number of fused-ring (bicyclic) bond motifs is 3. The summed E-state index contributed by atoms with van der Waals surface area (Å²) in [6, 6.07) is 12.3. The molecule has 0 aliphatic heterocycles. The lowest BCUT2D eigenvalue weighted by Gasteiger charge is -2.08. The Labute approximate surface area is 115 Å². The smallest absolute Gasteiger partial charge is 0.0607 e. The van der Waals surface area contributed by atoms with E-state index in [2.05, 4.69) is 17.4 Å². The fourth-order valence-electron chi connectivity index (χ4n) is 2.30. The van der Waals surface area contributed by atoms with E-state index in [0.29, 0.717) is 0 Å². The van der Waals surface area contributed by atoms with Crippen LogP contribution in [-0.2, 0) is 0 Å². The topological polar surface area (TPSA) is 58.3 Å². The third kappa shape index (κ3) is 2.13. The van der Waals surface area contributed by atoms with E-state index < -0.39 is 0 Å². The van der Waals surface area contributed by atoms with Crippen LogP contribution in [0.25, 0.3) is 20.2 Å². The van der Waals surface area contributed by atoms with Gasteiger partial charge in [0.25, 0.3) is 0 Å². The molecule has 98 valence electrons. The first-order chi connectivity index (χ1) is 9.31. The van der Waals surface area contributed by atoms with Gasteiger partial charge in [-0.05, 0) is 24.6 Å². The van der Waals surface area contributed by atoms with Crippen LogP contribution in [0.2, 0.25) is 0 Å². The van der Waals surface area contributed by atoms with Gasteiger partial charge in [0.15, 0.2) is 0 Å². The van der Waals surface area contributed by atoms with E-state index in [9.17, 15) is 0 Å². The van der Waals surface area contributed by atoms with E-state index in [-0.39, 0.29) is 6.61 Å². The molecule has 1 aromatic heterocycles. The molecule has 1 heterocycles. The van der Waals surface area contributed by atoms with E-state index in [1.165, 1.54) is 14.8 Å². The van der Waals surface area contributed by atoms with Gasteiger partial charge in [0.2, 0.25) is 0 Å². The average molecular weight is 272 g/mol. The second-order valence-electron chi connectivity index (χ2n) is 4.51. The summed E-state index contributed by atoms with van der Waals surface area (Å²) in [5.41, 5.74) is 8.05. The summed E-state index contributed by atoms with van der Waals surface area (Å²) in [6.45, 7) is 0.974. The van der Waals surface area contributed by atoms with Gasteiger partial charge in [-0.15, -0.1) is 11.3 Å². The molecule has 0 fully saturated rings. The Kier molecular flexibility index (Phi) is 3.27. The molecule has 0 unspecified atom stereocenters. The van der Waals surface area contributed by atoms with Crippen molar-refractivity contribution in [2.24, 2.45) is 0 Å². The number of thiophene rings is 1. The van der Waals surface area contributed by atoms with Gasteiger partial charge in [-0.3, -0.25) is 0 Å². The van der Waals surface area contributed by atoms with Crippen LogP contribution in [-0.4, -0.2) is 18.3 Å². The van der Waals surface area contributed by atoms with Crippen molar-refractivity contribution < 1.29 is 5.11 Å². The molecule has 3 nitrogen and oxygen atoms in total. The number of anilines is 2. The number of aliphatic hydroxyl groups is 1. The van der Waals surface area contributed by atoms with E-state index in [1.54, 1.807) is 11.3 Å². The lowest BCUT2D eigenvalue weighted by Crippen LogP contribution is -2.03. The zero-order chi connectivity index (χ0) is 13.2. The van der Waals surface area contributed by atoms with Crippen molar-refractivity contribution in [3.63, 3.8) is 0 Å². The van der Waals surface area contributed by atoms with Crippen LogP contribution in [0.1, 0.15) is 6.42 Å². The van der Waals surface area contributed by atoms with Crippen molar-refractivity contribution in [3.8, 4) is 0 Å². The first kappa shape index (κ1) is 12.3. The summed E-state index contributed by atoms with van der Waals surface area (Å²) in [5.74, 6) is 0. The highest BCUT2D eigenvalue weighted by atomic mass is 32.1. The minimum Gasteiger partial charge on any atom is -0.398 e. The fraction of sp³-hybridized carbons (Fsp3) is 0.200. The Balaban J connectivity index is 2.16. The molecule has 0 spiro atoms. The third-order valence-electron chi connectivity index (χ3n) is 3.21. The van der Waals surface area contributed by atoms with Gasteiger partial charge in [0, 0.05) is 34.3 Å². The molecule has 4 N–H and O–H groups in total. The molecule has 3 aromatic rings. The molecule has 0 atom stereocenters. The molecule has 0 bridgehead atoms. The molecule has 4 heteroatoms. The third-order valence-corrected chi connectivity index (χ3v) is 4.41. The Morgan fingerprint density at radius 2 is 2.00 bits per heavy atom. The van der Waals surface area contributed by atoms with E-state index in [4.69, 9.17) is 10.8 Å². The Bertz CT molecular complexity index is 721. The Hall–Kier alpha value is -1.78. The Morgan fingerprint density at radius 1 is 1.16 bits per heavy atom. The maximum Gasteiger partial charge on any atom is 0.0607 e. The summed E-state index contributed by atoms with van der Waals surface area (Å²) >= 11 is 1.76. The van der Waals surface area contributed by atoms with Crippen LogP contribution in [0.5, 0.6) is 0 Å². The number of nitrogens with one attached hydrogen (secondary N) is 1. The number of aliphatic hydroxyl groups excluding tert-OH is 1. The van der Waals surface area contributed by atoms with Crippen LogP contribution in [0.15, 0.2) is 36.4 Å². The van der Waals surface area contributed by atoms with Crippen LogP contribution < -0.4 is 11.1 Å². The largest absolute Gasteiger partial charge is 0.398 e. The van der Waals surface area contributed by atoms with E-state index in [0.717, 1.165) is 29.7 Å². The number of nitrogens with two attached hydrogens (primary N) is 1. The number of nitrogen functional groups attached to an aromatic ring is 1. The number of hydrogen-bond donors (Lipinski definition) is 3. The van der Waals surface area contributed by atoms with Crippen LogP contribution in [0.4, 0.5) is 11.4 Å². The lowest BCUT2D eigenvalue weighted by molar-refractivity contribution is 0.292. The van der Waals surface area contributed by atoms with Crippen molar-refractivity contribution in [2.45, 2.75) is 6.42 Å². The summed E-state index contributed by atoms with van der Waals surface area (Å²) in [5, 5.41) is 14.6. The minimum atomic E-state index is 0.206. The summed E-state index contributed by atoms with van der Waals surface area (Å²) in [6.07, 6.45) is 0.747. The molecule has 2 aromatic carbocycles. The zero-order valence-electron chi connectivity index (χ0n) is 10.5. The molecule has 0 amide bonds. The molecule has 0 saturated heterocycles. The molecule has 0 radical (unpaired) electrons. The predicted octanol–water partition coefficient (Wildman–Crippen LogP) is 3.43. The van der Waals surface area contributed by atoms with Crippen molar-refractivity contribution in [3.05, 3.63) is 36.4 Å². The number of hydrogen-bond acceptors (Lipinski definition) is 4. The zero-order valence-corrected chi connectivity index (χ0v) is 11.3. The van der Waals surface area contributed by atoms with Gasteiger partial charge in [0.1, 0.15) is 0 Å². The van der Waals surface area contributed by atoms with E-state index >= 15 is 0 Å². The van der Waals surface area contributed by atoms with Gasteiger partial charge in [-0.2, -0.15) is 0 Å². The highest BCUT2D eigenvalue weighted by Crippen LogP contribution is 2.41. The second-order valence-corrected chi connectivity index (χ2v) is 5.56. The van der Waals surface area contributed by atoms with Gasteiger partial charge in [-0.1, -0.05) is 18.2 Å². The standard InChI is InChI=1S/C15H16N2OS/c16-11-6-7-12(17-8-3-9-18)15-14(11)10-4-1-2-5-13(10)19-15/h1-2,4-7,17-18H,3,8-9,16H2. The van der Waals surface area contributed by atoms with Gasteiger partial charge in [0.05, 0.1) is 10.4 Å². The molecular formula is C15H16N2OS. The monoisotopic (exact) mass is 272 g/mol. The molecule has 19 heavy (non-hydrogen) atoms. The Morgan fingerprint density at radius 3 is 2.84 bits per heavy atom. The first-order valence-electron chi connectivity index (χ1n) is 6.35. The average Bonchev–Trinajstić information content (AvgIpc) is 2.82. The van der Waals surface area contributed by atoms with Crippen LogP contribution in [0.3, 0.4) is 0 Å². The fourth-order valence-corrected chi connectivity index (χ4v) is 3.52. The van der Waals surface area contributed by atoms with Crippen molar-refractivity contribution >= 4 is 42.9 Å². The van der Waals surface area contributed by atoms with E-state index in [1.807, 2.05) is 24.3 Å². The summed E-state index contributed by atoms with van der Waals surface area (Å²) < 4.78 is 2.44.